The van der Waals surface area contributed by atoms with Crippen molar-refractivity contribution in [3.8, 4) is 0 Å². The summed E-state index contributed by atoms with van der Waals surface area (Å²) >= 11 is 1.61. The van der Waals surface area contributed by atoms with Crippen molar-refractivity contribution >= 4 is 23.7 Å². The van der Waals surface area contributed by atoms with Gasteiger partial charge in [0, 0.05) is 31.0 Å². The maximum atomic E-state index is 12.9. The highest BCUT2D eigenvalue weighted by Crippen LogP contribution is 2.45. The van der Waals surface area contributed by atoms with Gasteiger partial charge in [-0.25, -0.2) is 0 Å². The molecule has 1 saturated heterocycles. The standard InChI is InChI=1S/C19H21N3OS/c1-21(2)11-12-22-18(23)17(13-15-7-4-3-5-8-15)24-19(22)16-9-6-10-20-14-16/h3-10,13-14,19H,11-12H2,1-2H3. The average Bonchev–Trinajstić information content (AvgIpc) is 2.91. The summed E-state index contributed by atoms with van der Waals surface area (Å²) in [7, 11) is 4.04. The Kier molecular flexibility index (Phi) is 5.33. The molecule has 3 rings (SSSR count). The molecule has 1 aromatic heterocycles. The maximum absolute atomic E-state index is 12.9. The minimum absolute atomic E-state index is 0.0129. The highest BCUT2D eigenvalue weighted by Gasteiger charge is 2.36. The number of pyridine rings is 1. The smallest absolute Gasteiger partial charge is 0.261 e. The lowest BCUT2D eigenvalue weighted by molar-refractivity contribution is -0.126. The highest BCUT2D eigenvalue weighted by atomic mass is 32.2. The van der Waals surface area contributed by atoms with Gasteiger partial charge in [-0.15, -0.1) is 0 Å². The molecule has 1 unspecified atom stereocenters. The fourth-order valence-electron chi connectivity index (χ4n) is 2.58. The molecule has 1 atom stereocenters. The molecule has 0 N–H and O–H groups in total. The van der Waals surface area contributed by atoms with Gasteiger partial charge in [0.05, 0.1) is 4.91 Å². The fraction of sp³-hybridized carbons (Fsp3) is 0.263. The van der Waals surface area contributed by atoms with Crippen LogP contribution in [-0.4, -0.2) is 47.9 Å². The lowest BCUT2D eigenvalue weighted by Crippen LogP contribution is -2.34. The molecule has 24 heavy (non-hydrogen) atoms. The third kappa shape index (κ3) is 3.86. The first-order chi connectivity index (χ1) is 11.6. The van der Waals surface area contributed by atoms with Crippen LogP contribution in [0.1, 0.15) is 16.5 Å². The van der Waals surface area contributed by atoms with Crippen molar-refractivity contribution in [3.05, 3.63) is 70.9 Å². The fourth-order valence-corrected chi connectivity index (χ4v) is 3.84. The number of benzene rings is 1. The number of hydrogen-bond acceptors (Lipinski definition) is 4. The molecule has 2 aromatic rings. The van der Waals surface area contributed by atoms with Crippen molar-refractivity contribution in [1.29, 1.82) is 0 Å². The predicted molar refractivity (Wildman–Crippen MR) is 99.3 cm³/mol. The Hall–Kier alpha value is -2.11. The van der Waals surface area contributed by atoms with Crippen LogP contribution in [0.15, 0.2) is 59.8 Å². The van der Waals surface area contributed by atoms with Gasteiger partial charge >= 0.3 is 0 Å². The molecule has 1 aromatic carbocycles. The zero-order valence-corrected chi connectivity index (χ0v) is 14.7. The van der Waals surface area contributed by atoms with Crippen LogP contribution >= 0.6 is 11.8 Å². The number of rotatable bonds is 5. The molecule has 0 spiro atoms. The third-order valence-electron chi connectivity index (χ3n) is 3.85. The Morgan fingerprint density at radius 3 is 2.67 bits per heavy atom. The van der Waals surface area contributed by atoms with E-state index in [4.69, 9.17) is 0 Å². The number of amides is 1. The van der Waals surface area contributed by atoms with Gasteiger partial charge in [0.2, 0.25) is 0 Å². The second-order valence-corrected chi connectivity index (χ2v) is 7.10. The van der Waals surface area contributed by atoms with E-state index in [9.17, 15) is 4.79 Å². The van der Waals surface area contributed by atoms with E-state index in [-0.39, 0.29) is 11.3 Å². The van der Waals surface area contributed by atoms with Crippen LogP contribution in [0.25, 0.3) is 6.08 Å². The Morgan fingerprint density at radius 1 is 1.21 bits per heavy atom. The first-order valence-corrected chi connectivity index (χ1v) is 8.82. The van der Waals surface area contributed by atoms with Crippen LogP contribution in [0.2, 0.25) is 0 Å². The number of carbonyl (C=O) groups excluding carboxylic acids is 1. The minimum atomic E-state index is -0.0129. The molecule has 1 aliphatic rings. The van der Waals surface area contributed by atoms with E-state index in [1.54, 1.807) is 18.0 Å². The first-order valence-electron chi connectivity index (χ1n) is 7.94. The van der Waals surface area contributed by atoms with Gasteiger partial charge in [-0.3, -0.25) is 9.78 Å². The van der Waals surface area contributed by atoms with Gasteiger partial charge in [0.1, 0.15) is 5.37 Å². The van der Waals surface area contributed by atoms with Crippen LogP contribution in [0.4, 0.5) is 0 Å². The average molecular weight is 339 g/mol. The zero-order chi connectivity index (χ0) is 16.9. The number of aromatic nitrogens is 1. The van der Waals surface area contributed by atoms with E-state index in [0.717, 1.165) is 22.6 Å². The summed E-state index contributed by atoms with van der Waals surface area (Å²) in [6, 6.07) is 13.9. The Labute approximate surface area is 147 Å². The van der Waals surface area contributed by atoms with E-state index >= 15 is 0 Å². The normalized spacial score (nSPS) is 19.5. The Bertz CT molecular complexity index is 716. The van der Waals surface area contributed by atoms with Crippen molar-refractivity contribution in [2.24, 2.45) is 0 Å². The molecule has 2 heterocycles. The summed E-state index contributed by atoms with van der Waals surface area (Å²) in [5, 5.41) is -0.0129. The third-order valence-corrected chi connectivity index (χ3v) is 5.14. The van der Waals surface area contributed by atoms with Gasteiger partial charge in [0.15, 0.2) is 0 Å². The maximum Gasteiger partial charge on any atom is 0.261 e. The molecule has 4 nitrogen and oxygen atoms in total. The topological polar surface area (TPSA) is 36.4 Å². The van der Waals surface area contributed by atoms with Gasteiger partial charge in [-0.1, -0.05) is 48.2 Å². The quantitative estimate of drug-likeness (QED) is 0.784. The van der Waals surface area contributed by atoms with Gasteiger partial charge in [-0.05, 0) is 31.8 Å². The highest BCUT2D eigenvalue weighted by molar-refractivity contribution is 8.04. The van der Waals surface area contributed by atoms with Crippen molar-refractivity contribution in [2.75, 3.05) is 27.2 Å². The van der Waals surface area contributed by atoms with Crippen molar-refractivity contribution in [2.45, 2.75) is 5.37 Å². The van der Waals surface area contributed by atoms with Crippen LogP contribution in [0, 0.1) is 0 Å². The molecule has 1 amide bonds. The van der Waals surface area contributed by atoms with Gasteiger partial charge in [0.25, 0.3) is 5.91 Å². The molecule has 0 aliphatic carbocycles. The summed E-state index contributed by atoms with van der Waals surface area (Å²) in [5.41, 5.74) is 2.11. The minimum Gasteiger partial charge on any atom is -0.320 e. The molecular formula is C19H21N3OS. The van der Waals surface area contributed by atoms with E-state index in [1.165, 1.54) is 0 Å². The summed E-state index contributed by atoms with van der Waals surface area (Å²) in [5.74, 6) is 0.0968. The Morgan fingerprint density at radius 2 is 2.00 bits per heavy atom. The second-order valence-electron chi connectivity index (χ2n) is 5.98. The summed E-state index contributed by atoms with van der Waals surface area (Å²) < 4.78 is 0. The SMILES string of the molecule is CN(C)CCN1C(=O)C(=Cc2ccccc2)SC1c1cccnc1. The first kappa shape index (κ1) is 16.7. The zero-order valence-electron chi connectivity index (χ0n) is 13.9. The number of hydrogen-bond donors (Lipinski definition) is 0. The lowest BCUT2D eigenvalue weighted by atomic mass is 10.2. The largest absolute Gasteiger partial charge is 0.320 e. The molecule has 0 radical (unpaired) electrons. The molecule has 1 aliphatic heterocycles. The van der Waals surface area contributed by atoms with Crippen LogP contribution in [-0.2, 0) is 4.79 Å². The van der Waals surface area contributed by atoms with Crippen LogP contribution < -0.4 is 0 Å². The summed E-state index contributed by atoms with van der Waals surface area (Å²) in [4.78, 5) is 21.9. The summed E-state index contributed by atoms with van der Waals surface area (Å²) in [6.45, 7) is 1.53. The van der Waals surface area contributed by atoms with E-state index in [1.807, 2.05) is 73.7 Å². The van der Waals surface area contributed by atoms with E-state index in [2.05, 4.69) is 9.88 Å². The molecule has 124 valence electrons. The lowest BCUT2D eigenvalue weighted by Gasteiger charge is -2.24. The van der Waals surface area contributed by atoms with E-state index < -0.39 is 0 Å². The molecule has 1 fully saturated rings. The molecule has 5 heteroatoms. The van der Waals surface area contributed by atoms with Gasteiger partial charge in [-0.2, -0.15) is 0 Å². The second kappa shape index (κ2) is 7.64. The molecule has 0 bridgehead atoms. The Balaban J connectivity index is 1.89. The van der Waals surface area contributed by atoms with Gasteiger partial charge < -0.3 is 9.80 Å². The predicted octanol–water partition coefficient (Wildman–Crippen LogP) is 3.26. The van der Waals surface area contributed by atoms with Crippen molar-refractivity contribution in [3.63, 3.8) is 0 Å². The van der Waals surface area contributed by atoms with Crippen molar-refractivity contribution in [1.82, 2.24) is 14.8 Å². The van der Waals surface area contributed by atoms with Crippen molar-refractivity contribution < 1.29 is 4.79 Å². The number of carbonyl (C=O) groups is 1. The number of thioether (sulfide) groups is 1. The van der Waals surface area contributed by atoms with Crippen LogP contribution in [0.3, 0.4) is 0 Å². The van der Waals surface area contributed by atoms with Crippen LogP contribution in [0.5, 0.6) is 0 Å². The molecule has 0 saturated carbocycles. The van der Waals surface area contributed by atoms with E-state index in [0.29, 0.717) is 6.54 Å². The number of nitrogens with zero attached hydrogens (tertiary/aromatic N) is 3. The monoisotopic (exact) mass is 339 g/mol. The molecular weight excluding hydrogens is 318 g/mol. The summed E-state index contributed by atoms with van der Waals surface area (Å²) in [6.07, 6.45) is 5.58. The number of likely N-dealkylation sites (N-methyl/N-ethyl adjacent to an activating group) is 1.